The first kappa shape index (κ1) is 14.9. The quantitative estimate of drug-likeness (QED) is 0.812. The van der Waals surface area contributed by atoms with Gasteiger partial charge in [-0.2, -0.15) is 0 Å². The molecule has 2 aromatic rings. The number of nitrogens with one attached hydrogen (secondary N) is 1. The van der Waals surface area contributed by atoms with E-state index >= 15 is 0 Å². The van der Waals surface area contributed by atoms with E-state index in [-0.39, 0.29) is 0 Å². The number of benzene rings is 2. The molecule has 124 valence electrons. The Morgan fingerprint density at radius 2 is 1.60 bits per heavy atom. The van der Waals surface area contributed by atoms with Crippen molar-refractivity contribution in [3.05, 3.63) is 102 Å². The van der Waals surface area contributed by atoms with Crippen LogP contribution in [0.3, 0.4) is 0 Å². The topological polar surface area (TPSA) is 12.0 Å². The van der Waals surface area contributed by atoms with E-state index in [4.69, 9.17) is 0 Å². The molecule has 0 amide bonds. The lowest BCUT2D eigenvalue weighted by Gasteiger charge is -2.31. The van der Waals surface area contributed by atoms with E-state index in [2.05, 4.69) is 96.4 Å². The van der Waals surface area contributed by atoms with Gasteiger partial charge in [0.2, 0.25) is 0 Å². The van der Waals surface area contributed by atoms with Crippen molar-refractivity contribution >= 4 is 6.08 Å². The Bertz CT molecular complexity index is 845. The highest BCUT2D eigenvalue weighted by molar-refractivity contribution is 5.58. The smallest absolute Gasteiger partial charge is 0.0400 e. The Morgan fingerprint density at radius 3 is 2.52 bits per heavy atom. The summed E-state index contributed by atoms with van der Waals surface area (Å²) in [5.41, 5.74) is 4.26. The lowest BCUT2D eigenvalue weighted by molar-refractivity contribution is 0.375. The third kappa shape index (κ3) is 2.79. The molecule has 0 aliphatic heterocycles. The minimum atomic E-state index is 0.371. The van der Waals surface area contributed by atoms with Crippen LogP contribution in [0.4, 0.5) is 0 Å². The summed E-state index contributed by atoms with van der Waals surface area (Å²) in [5, 5.41) is 4.01. The Hall–Kier alpha value is -2.38. The summed E-state index contributed by atoms with van der Waals surface area (Å²) >= 11 is 0. The van der Waals surface area contributed by atoms with Crippen molar-refractivity contribution in [2.75, 3.05) is 0 Å². The predicted octanol–water partition coefficient (Wildman–Crippen LogP) is 5.26. The van der Waals surface area contributed by atoms with E-state index in [9.17, 15) is 0 Å². The van der Waals surface area contributed by atoms with Crippen LogP contribution in [0.2, 0.25) is 0 Å². The van der Waals surface area contributed by atoms with Crippen LogP contribution in [0.1, 0.15) is 35.1 Å². The van der Waals surface area contributed by atoms with Crippen LogP contribution in [-0.2, 0) is 0 Å². The van der Waals surface area contributed by atoms with Crippen LogP contribution < -0.4 is 5.32 Å². The number of allylic oxidation sites excluding steroid dienone is 4. The summed E-state index contributed by atoms with van der Waals surface area (Å²) in [6.45, 7) is 0. The summed E-state index contributed by atoms with van der Waals surface area (Å²) in [6.07, 6.45) is 15.0. The van der Waals surface area contributed by atoms with Gasteiger partial charge in [-0.15, -0.1) is 0 Å². The maximum atomic E-state index is 4.01. The van der Waals surface area contributed by atoms with Gasteiger partial charge in [0.05, 0.1) is 0 Å². The van der Waals surface area contributed by atoms with Gasteiger partial charge < -0.3 is 5.32 Å². The Balaban J connectivity index is 1.45. The molecule has 1 fully saturated rings. The van der Waals surface area contributed by atoms with Gasteiger partial charge in [0.25, 0.3) is 0 Å². The molecule has 0 saturated heterocycles. The normalized spacial score (nSPS) is 31.9. The standard InChI is InChI=1S/C24H23N/c1-2-8-17(9-3-1)22-16-23(22)25-24-20-12-6-4-10-18(20)14-15-19-11-5-7-13-21(19)24/h1-15,18,20,22-25H,16H2. The molecule has 3 aliphatic carbocycles. The molecule has 0 bridgehead atoms. The molecule has 0 radical (unpaired) electrons. The zero-order valence-corrected chi connectivity index (χ0v) is 14.3. The number of fused-ring (bicyclic) bond motifs is 2. The SMILES string of the molecule is C1=CC2C=Cc3ccccc3C(NC3CC3c3ccccc3)C2C=C1. The van der Waals surface area contributed by atoms with Crippen molar-refractivity contribution in [2.24, 2.45) is 11.8 Å². The monoisotopic (exact) mass is 325 g/mol. The highest BCUT2D eigenvalue weighted by Gasteiger charge is 2.42. The van der Waals surface area contributed by atoms with E-state index in [0.29, 0.717) is 29.8 Å². The van der Waals surface area contributed by atoms with Crippen molar-refractivity contribution in [3.8, 4) is 0 Å². The third-order valence-corrected chi connectivity index (χ3v) is 5.85. The summed E-state index contributed by atoms with van der Waals surface area (Å²) in [7, 11) is 0. The zero-order valence-electron chi connectivity index (χ0n) is 14.3. The molecule has 0 aromatic heterocycles. The number of rotatable bonds is 3. The first-order chi connectivity index (χ1) is 12.4. The van der Waals surface area contributed by atoms with Crippen LogP contribution in [0.15, 0.2) is 85.0 Å². The Labute approximate surface area is 149 Å². The summed E-state index contributed by atoms with van der Waals surface area (Å²) in [6, 6.07) is 20.7. The van der Waals surface area contributed by atoms with E-state index in [0.717, 1.165) is 0 Å². The van der Waals surface area contributed by atoms with E-state index in [1.165, 1.54) is 23.1 Å². The molecule has 1 heteroatoms. The molecular formula is C24H23N. The Kier molecular flexibility index (Phi) is 3.68. The molecule has 5 rings (SSSR count). The van der Waals surface area contributed by atoms with Crippen LogP contribution in [-0.4, -0.2) is 6.04 Å². The molecule has 1 nitrogen and oxygen atoms in total. The van der Waals surface area contributed by atoms with E-state index in [1.54, 1.807) is 0 Å². The molecule has 0 spiro atoms. The fourth-order valence-corrected chi connectivity index (χ4v) is 4.41. The van der Waals surface area contributed by atoms with Crippen molar-refractivity contribution < 1.29 is 0 Å². The minimum Gasteiger partial charge on any atom is -0.306 e. The largest absolute Gasteiger partial charge is 0.306 e. The molecule has 3 aliphatic rings. The highest BCUT2D eigenvalue weighted by atomic mass is 15.0. The highest BCUT2D eigenvalue weighted by Crippen LogP contribution is 2.45. The van der Waals surface area contributed by atoms with Gasteiger partial charge in [-0.05, 0) is 23.1 Å². The second kappa shape index (κ2) is 6.16. The number of hydrogen-bond acceptors (Lipinski definition) is 1. The maximum absolute atomic E-state index is 4.01. The second-order valence-corrected chi connectivity index (χ2v) is 7.42. The molecule has 5 atom stereocenters. The van der Waals surface area contributed by atoms with Crippen LogP contribution in [0.5, 0.6) is 0 Å². The van der Waals surface area contributed by atoms with Gasteiger partial charge >= 0.3 is 0 Å². The first-order valence-corrected chi connectivity index (χ1v) is 9.33. The molecule has 2 aromatic carbocycles. The number of hydrogen-bond donors (Lipinski definition) is 1. The summed E-state index contributed by atoms with van der Waals surface area (Å²) in [5.74, 6) is 1.62. The van der Waals surface area contributed by atoms with Gasteiger partial charge in [0.1, 0.15) is 0 Å². The summed E-state index contributed by atoms with van der Waals surface area (Å²) in [4.78, 5) is 0. The average Bonchev–Trinajstić information content (AvgIpc) is 3.47. The van der Waals surface area contributed by atoms with Crippen molar-refractivity contribution in [3.63, 3.8) is 0 Å². The predicted molar refractivity (Wildman–Crippen MR) is 104 cm³/mol. The average molecular weight is 325 g/mol. The van der Waals surface area contributed by atoms with Crippen LogP contribution in [0, 0.1) is 11.8 Å². The molecule has 1 saturated carbocycles. The van der Waals surface area contributed by atoms with Gasteiger partial charge in [0, 0.05) is 29.8 Å². The fraction of sp³-hybridized carbons (Fsp3) is 0.250. The van der Waals surface area contributed by atoms with Crippen LogP contribution >= 0.6 is 0 Å². The molecular weight excluding hydrogens is 302 g/mol. The van der Waals surface area contributed by atoms with Crippen molar-refractivity contribution in [2.45, 2.75) is 24.4 Å². The van der Waals surface area contributed by atoms with Crippen molar-refractivity contribution in [1.82, 2.24) is 5.32 Å². The van der Waals surface area contributed by atoms with Gasteiger partial charge in [-0.1, -0.05) is 91.1 Å². The molecule has 1 N–H and O–H groups in total. The fourth-order valence-electron chi connectivity index (χ4n) is 4.41. The third-order valence-electron chi connectivity index (χ3n) is 5.85. The van der Waals surface area contributed by atoms with Gasteiger partial charge in [0.15, 0.2) is 0 Å². The molecule has 25 heavy (non-hydrogen) atoms. The summed E-state index contributed by atoms with van der Waals surface area (Å²) < 4.78 is 0. The van der Waals surface area contributed by atoms with Crippen molar-refractivity contribution in [1.29, 1.82) is 0 Å². The second-order valence-electron chi connectivity index (χ2n) is 7.42. The zero-order chi connectivity index (χ0) is 16.6. The lowest BCUT2D eigenvalue weighted by atomic mass is 9.81. The van der Waals surface area contributed by atoms with Gasteiger partial charge in [-0.3, -0.25) is 0 Å². The lowest BCUT2D eigenvalue weighted by Crippen LogP contribution is -2.33. The van der Waals surface area contributed by atoms with Gasteiger partial charge in [-0.25, -0.2) is 0 Å². The maximum Gasteiger partial charge on any atom is 0.0400 e. The molecule has 5 unspecified atom stereocenters. The Morgan fingerprint density at radius 1 is 0.800 bits per heavy atom. The molecule has 0 heterocycles. The van der Waals surface area contributed by atoms with Crippen LogP contribution in [0.25, 0.3) is 6.08 Å². The first-order valence-electron chi connectivity index (χ1n) is 9.33. The van der Waals surface area contributed by atoms with E-state index < -0.39 is 0 Å². The van der Waals surface area contributed by atoms with E-state index in [1.807, 2.05) is 0 Å². The minimum absolute atomic E-state index is 0.371.